The first-order chi connectivity index (χ1) is 4.22. The quantitative estimate of drug-likeness (QED) is 0.376. The predicted molar refractivity (Wildman–Crippen MR) is 31.7 cm³/mol. The van der Waals surface area contributed by atoms with Gasteiger partial charge in [0.05, 0.1) is 0 Å². The molecule has 11 heavy (non-hydrogen) atoms. The Bertz CT molecular complexity index is 210. The van der Waals surface area contributed by atoms with E-state index < -0.39 is 11.6 Å². The Morgan fingerprint density at radius 2 is 1.36 bits per heavy atom. The number of benzene rings is 1. The fraction of sp³-hybridized carbons (Fsp3) is 0. The van der Waals surface area contributed by atoms with Crippen LogP contribution in [0.4, 0.5) is 8.78 Å². The average molecular weight is 211 g/mol. The van der Waals surface area contributed by atoms with Crippen LogP contribution in [-0.4, -0.2) is 16.3 Å². The molecule has 0 radical (unpaired) electrons. The van der Waals surface area contributed by atoms with Gasteiger partial charge in [0.2, 0.25) is 0 Å². The van der Waals surface area contributed by atoms with E-state index in [-0.39, 0.29) is 29.2 Å². The van der Waals surface area contributed by atoms with Gasteiger partial charge in [0, 0.05) is 0 Å². The second-order valence-corrected chi connectivity index (χ2v) is 2.21. The molecule has 0 saturated heterocycles. The van der Waals surface area contributed by atoms with Crippen LogP contribution in [-0.2, 0) is 0 Å². The Morgan fingerprint density at radius 1 is 1.00 bits per heavy atom. The van der Waals surface area contributed by atoms with Gasteiger partial charge in [-0.05, 0) is 0 Å². The summed E-state index contributed by atoms with van der Waals surface area (Å²) in [5.74, 6) is -1.06. The van der Waals surface area contributed by atoms with E-state index in [2.05, 4.69) is 0 Å². The zero-order valence-corrected chi connectivity index (χ0v) is 7.99. The van der Waals surface area contributed by atoms with Crippen LogP contribution in [0.3, 0.4) is 0 Å². The van der Waals surface area contributed by atoms with E-state index in [0.717, 1.165) is 0 Å². The summed E-state index contributed by atoms with van der Waals surface area (Å²) in [4.78, 5) is 0. The monoisotopic (exact) mass is 210 g/mol. The van der Waals surface area contributed by atoms with E-state index in [9.17, 15) is 8.78 Å². The maximum Gasteiger partial charge on any atom is -1.00 e. The van der Waals surface area contributed by atoms with Crippen molar-refractivity contribution in [1.82, 2.24) is 0 Å². The molecule has 0 nitrogen and oxygen atoms in total. The van der Waals surface area contributed by atoms with Crippen LogP contribution in [0.1, 0.15) is 0 Å². The second-order valence-electron chi connectivity index (χ2n) is 1.64. The molecule has 0 unspecified atom stereocenters. The van der Waals surface area contributed by atoms with E-state index in [0.29, 0.717) is 0 Å². The van der Waals surface area contributed by atoms with E-state index in [1.807, 2.05) is 16.3 Å². The third-order valence-corrected chi connectivity index (χ3v) is 1.55. The molecule has 1 aromatic carbocycles. The first-order valence-electron chi connectivity index (χ1n) is 2.41. The zero-order valence-electron chi connectivity index (χ0n) is 5.32. The maximum absolute atomic E-state index is 12.3. The normalized spacial score (nSPS) is 8.00. The van der Waals surface area contributed by atoms with Crippen LogP contribution in [0, 0.1) is 11.6 Å². The van der Waals surface area contributed by atoms with Gasteiger partial charge in [-0.3, -0.25) is 0 Å². The van der Waals surface area contributed by atoms with Crippen molar-refractivity contribution in [1.29, 1.82) is 0 Å². The van der Waals surface area contributed by atoms with Crippen molar-refractivity contribution in [2.24, 2.45) is 0 Å². The van der Waals surface area contributed by atoms with E-state index in [1.165, 1.54) is 18.2 Å². The topological polar surface area (TPSA) is 0 Å². The molecule has 0 N–H and O–H groups in total. The van der Waals surface area contributed by atoms with Crippen molar-refractivity contribution >= 4 is 20.7 Å². The van der Waals surface area contributed by atoms with E-state index in [1.54, 1.807) is 0 Å². The molecule has 0 aromatic heterocycles. The van der Waals surface area contributed by atoms with Gasteiger partial charge in [0.1, 0.15) is 0 Å². The molecule has 0 aliphatic heterocycles. The van der Waals surface area contributed by atoms with E-state index in [4.69, 9.17) is 0 Å². The molecule has 0 atom stereocenters. The predicted octanol–water partition coefficient (Wildman–Crippen LogP) is -5.23. The van der Waals surface area contributed by atoms with Gasteiger partial charge < -0.3 is 24.8 Å². The molecule has 0 aliphatic rings. The van der Waals surface area contributed by atoms with Gasteiger partial charge in [-0.25, -0.2) is 0 Å². The summed E-state index contributed by atoms with van der Waals surface area (Å²) < 4.78 is 24.6. The molecule has 0 aliphatic carbocycles. The molecule has 0 amide bonds. The summed E-state index contributed by atoms with van der Waals surface area (Å²) in [7, 11) is 0. The minimum absolute atomic E-state index is 0. The molecule has 0 heterocycles. The smallest absolute Gasteiger partial charge is 1.00 e. The summed E-state index contributed by atoms with van der Waals surface area (Å²) in [6, 6.07) is 3.76. The molecule has 1 aromatic rings. The minimum Gasteiger partial charge on any atom is -1.00 e. The van der Waals surface area contributed by atoms with Crippen molar-refractivity contribution < 1.29 is 33.6 Å². The molecular weight excluding hydrogens is 208 g/mol. The Hall–Kier alpha value is 0.192. The Kier molecular flexibility index (Phi) is 7.25. The number of hydrogen-bond donors (Lipinski definition) is 0. The molecule has 0 bridgehead atoms. The summed E-state index contributed by atoms with van der Waals surface area (Å²) in [5.41, 5.74) is 0. The summed E-state index contributed by atoms with van der Waals surface area (Å²) in [5, 5.41) is 0. The molecular formula is C6H3AlCl2F2. The Balaban J connectivity index is 0. The Labute approximate surface area is 84.2 Å². The van der Waals surface area contributed by atoms with Gasteiger partial charge in [-0.2, -0.15) is 0 Å². The second kappa shape index (κ2) is 5.79. The van der Waals surface area contributed by atoms with Crippen molar-refractivity contribution in [2.45, 2.75) is 0 Å². The van der Waals surface area contributed by atoms with Gasteiger partial charge in [-0.1, -0.05) is 0 Å². The van der Waals surface area contributed by atoms with Gasteiger partial charge in [-0.15, -0.1) is 0 Å². The van der Waals surface area contributed by atoms with Crippen LogP contribution in [0.2, 0.25) is 0 Å². The van der Waals surface area contributed by atoms with Gasteiger partial charge in [0.25, 0.3) is 0 Å². The summed E-state index contributed by atoms with van der Waals surface area (Å²) in [6.45, 7) is 0. The fourth-order valence-corrected chi connectivity index (χ4v) is 0.703. The number of rotatable bonds is 0. The SMILES string of the molecule is Fc1cccc(F)[c]1[Al+2].[Cl-].[Cl-]. The van der Waals surface area contributed by atoms with Crippen molar-refractivity contribution in [3.05, 3.63) is 29.8 Å². The summed E-state index contributed by atoms with van der Waals surface area (Å²) in [6.07, 6.45) is 0. The third-order valence-electron chi connectivity index (χ3n) is 1.000. The fourth-order valence-electron chi connectivity index (χ4n) is 0.511. The standard InChI is InChI=1S/C6H3F2.Al.2ClH/c7-5-2-1-3-6(8)4-5;;;/h1-3H;;2*1H/q;+2;;/p-2. The minimum atomic E-state index is -0.528. The largest absolute Gasteiger partial charge is 1.00 e. The molecule has 1 rings (SSSR count). The van der Waals surface area contributed by atoms with Crippen LogP contribution in [0.15, 0.2) is 18.2 Å². The maximum atomic E-state index is 12.3. The first kappa shape index (κ1) is 13.8. The average Bonchev–Trinajstić information content (AvgIpc) is 1.83. The van der Waals surface area contributed by atoms with Crippen molar-refractivity contribution in [2.75, 3.05) is 0 Å². The van der Waals surface area contributed by atoms with Gasteiger partial charge in [0.15, 0.2) is 0 Å². The number of halogens is 4. The van der Waals surface area contributed by atoms with Crippen LogP contribution < -0.4 is 29.2 Å². The number of hydrogen-bond acceptors (Lipinski definition) is 0. The van der Waals surface area contributed by atoms with Crippen molar-refractivity contribution in [3.63, 3.8) is 0 Å². The molecule has 58 valence electrons. The first-order valence-corrected chi connectivity index (χ1v) is 2.99. The van der Waals surface area contributed by atoms with Crippen LogP contribution in [0.5, 0.6) is 0 Å². The van der Waals surface area contributed by atoms with Crippen LogP contribution in [0.25, 0.3) is 0 Å². The Morgan fingerprint density at radius 3 is 1.64 bits per heavy atom. The van der Waals surface area contributed by atoms with Gasteiger partial charge >= 0.3 is 59.3 Å². The van der Waals surface area contributed by atoms with E-state index >= 15 is 0 Å². The summed E-state index contributed by atoms with van der Waals surface area (Å²) >= 11 is 1.99. The zero-order chi connectivity index (χ0) is 6.85. The molecule has 5 heteroatoms. The van der Waals surface area contributed by atoms with Crippen molar-refractivity contribution in [3.8, 4) is 0 Å². The molecule has 0 spiro atoms. The molecule has 0 saturated carbocycles. The van der Waals surface area contributed by atoms with Crippen LogP contribution >= 0.6 is 0 Å². The third kappa shape index (κ3) is 3.40. The molecule has 0 fully saturated rings.